The number of carbonyl (C=O) groups excluding carboxylic acids is 3. The van der Waals surface area contributed by atoms with Crippen LogP contribution >= 0.6 is 0 Å². The highest BCUT2D eigenvalue weighted by Gasteiger charge is 2.40. The average Bonchev–Trinajstić information content (AvgIpc) is 2.79. The molecule has 0 aromatic heterocycles. The van der Waals surface area contributed by atoms with Crippen LogP contribution in [0.4, 0.5) is 10.1 Å². The van der Waals surface area contributed by atoms with Crippen LogP contribution in [0.2, 0.25) is 0 Å². The zero-order chi connectivity index (χ0) is 16.6. The van der Waals surface area contributed by atoms with E-state index in [2.05, 4.69) is 0 Å². The third-order valence-corrected chi connectivity index (χ3v) is 3.46. The zero-order valence-corrected chi connectivity index (χ0v) is 11.8. The van der Waals surface area contributed by atoms with Gasteiger partial charge >= 0.3 is 0 Å². The summed E-state index contributed by atoms with van der Waals surface area (Å²) >= 11 is 0. The fraction of sp³-hybridized carbons (Fsp3) is 0. The Morgan fingerprint density at radius 1 is 1.04 bits per heavy atom. The van der Waals surface area contributed by atoms with Crippen molar-refractivity contribution >= 4 is 29.5 Å². The van der Waals surface area contributed by atoms with Gasteiger partial charge in [0.15, 0.2) is 0 Å². The molecular formula is C17H11FN2O3. The summed E-state index contributed by atoms with van der Waals surface area (Å²) in [6.07, 6.45) is 2.49. The van der Waals surface area contributed by atoms with Gasteiger partial charge in [-0.3, -0.25) is 14.4 Å². The van der Waals surface area contributed by atoms with Crippen molar-refractivity contribution in [3.63, 3.8) is 0 Å². The normalized spacial score (nSPS) is 13.7. The Labute approximate surface area is 130 Å². The van der Waals surface area contributed by atoms with Crippen LogP contribution in [0.5, 0.6) is 0 Å². The smallest absolute Gasteiger partial charge is 0.270 e. The quantitative estimate of drug-likeness (QED) is 0.524. The minimum absolute atomic E-state index is 0.0426. The second-order valence-electron chi connectivity index (χ2n) is 4.94. The number of fused-ring (bicyclic) bond motifs is 1. The molecule has 5 nitrogen and oxygen atoms in total. The highest BCUT2D eigenvalue weighted by atomic mass is 19.1. The van der Waals surface area contributed by atoms with Crippen molar-refractivity contribution in [3.8, 4) is 0 Å². The molecule has 0 saturated heterocycles. The number of imide groups is 3. The van der Waals surface area contributed by atoms with Gasteiger partial charge in [0.2, 0.25) is 0 Å². The molecule has 23 heavy (non-hydrogen) atoms. The van der Waals surface area contributed by atoms with Gasteiger partial charge in [0.05, 0.1) is 11.1 Å². The molecule has 3 rings (SSSR count). The highest BCUT2D eigenvalue weighted by molar-refractivity contribution is 6.32. The molecule has 1 heterocycles. The van der Waals surface area contributed by atoms with Crippen molar-refractivity contribution in [1.82, 2.24) is 4.90 Å². The molecule has 0 saturated carbocycles. The van der Waals surface area contributed by atoms with Gasteiger partial charge in [0.1, 0.15) is 5.82 Å². The Bertz CT molecular complexity index is 857. The average molecular weight is 310 g/mol. The first-order valence-corrected chi connectivity index (χ1v) is 6.74. The maximum absolute atomic E-state index is 12.8. The SMILES string of the molecule is Nc1cccc2c1C(=O)N(C(=O)/C=C/c1ccc(F)cc1)C2=O. The van der Waals surface area contributed by atoms with Crippen LogP contribution in [0.3, 0.4) is 0 Å². The number of nitrogens with two attached hydrogens (primary N) is 1. The van der Waals surface area contributed by atoms with Gasteiger partial charge in [-0.2, -0.15) is 0 Å². The molecule has 2 aromatic carbocycles. The van der Waals surface area contributed by atoms with Crippen LogP contribution in [-0.2, 0) is 4.79 Å². The summed E-state index contributed by atoms with van der Waals surface area (Å²) in [7, 11) is 0. The minimum atomic E-state index is -0.778. The molecule has 3 amide bonds. The van der Waals surface area contributed by atoms with E-state index in [1.54, 1.807) is 6.07 Å². The minimum Gasteiger partial charge on any atom is -0.398 e. The molecule has 114 valence electrons. The lowest BCUT2D eigenvalue weighted by atomic mass is 10.1. The number of hydrogen-bond acceptors (Lipinski definition) is 4. The Balaban J connectivity index is 1.87. The molecule has 0 radical (unpaired) electrons. The van der Waals surface area contributed by atoms with Crippen molar-refractivity contribution in [2.24, 2.45) is 0 Å². The fourth-order valence-electron chi connectivity index (χ4n) is 2.33. The molecule has 0 spiro atoms. The van der Waals surface area contributed by atoms with Gasteiger partial charge in [-0.05, 0) is 35.9 Å². The number of nitrogens with zero attached hydrogens (tertiary/aromatic N) is 1. The first-order chi connectivity index (χ1) is 11.0. The van der Waals surface area contributed by atoms with E-state index in [4.69, 9.17) is 5.73 Å². The van der Waals surface area contributed by atoms with Crippen LogP contribution in [0.1, 0.15) is 26.3 Å². The Morgan fingerprint density at radius 2 is 1.74 bits per heavy atom. The topological polar surface area (TPSA) is 80.5 Å². The Morgan fingerprint density at radius 3 is 2.39 bits per heavy atom. The second-order valence-corrected chi connectivity index (χ2v) is 4.94. The maximum atomic E-state index is 12.8. The third kappa shape index (κ3) is 2.50. The van der Waals surface area contributed by atoms with Crippen molar-refractivity contribution in [1.29, 1.82) is 0 Å². The lowest BCUT2D eigenvalue weighted by Gasteiger charge is -2.08. The second kappa shape index (κ2) is 5.49. The summed E-state index contributed by atoms with van der Waals surface area (Å²) in [6, 6.07) is 9.91. The molecular weight excluding hydrogens is 299 g/mol. The lowest BCUT2D eigenvalue weighted by Crippen LogP contribution is -2.34. The van der Waals surface area contributed by atoms with E-state index >= 15 is 0 Å². The van der Waals surface area contributed by atoms with Crippen molar-refractivity contribution < 1.29 is 18.8 Å². The largest absolute Gasteiger partial charge is 0.398 e. The molecule has 2 N–H and O–H groups in total. The van der Waals surface area contributed by atoms with Gasteiger partial charge in [0.25, 0.3) is 17.7 Å². The van der Waals surface area contributed by atoms with Gasteiger partial charge in [0, 0.05) is 11.8 Å². The number of carbonyl (C=O) groups is 3. The van der Waals surface area contributed by atoms with Crippen LogP contribution in [0.15, 0.2) is 48.5 Å². The molecule has 2 aromatic rings. The van der Waals surface area contributed by atoms with E-state index in [1.807, 2.05) is 0 Å². The number of anilines is 1. The molecule has 0 fully saturated rings. The summed E-state index contributed by atoms with van der Waals surface area (Å²) in [6.45, 7) is 0. The summed E-state index contributed by atoms with van der Waals surface area (Å²) in [5.74, 6) is -2.62. The fourth-order valence-corrected chi connectivity index (χ4v) is 2.33. The highest BCUT2D eigenvalue weighted by Crippen LogP contribution is 2.27. The van der Waals surface area contributed by atoms with Gasteiger partial charge in [-0.1, -0.05) is 18.2 Å². The van der Waals surface area contributed by atoms with Gasteiger partial charge in [-0.25, -0.2) is 9.29 Å². The number of nitrogen functional groups attached to an aromatic ring is 1. The molecule has 1 aliphatic rings. The van der Waals surface area contributed by atoms with Crippen LogP contribution < -0.4 is 5.73 Å². The van der Waals surface area contributed by atoms with Crippen LogP contribution in [0, 0.1) is 5.82 Å². The Kier molecular flexibility index (Phi) is 3.50. The number of amides is 3. The van der Waals surface area contributed by atoms with E-state index in [-0.39, 0.29) is 16.8 Å². The summed E-state index contributed by atoms with van der Waals surface area (Å²) in [5.41, 5.74) is 6.57. The molecule has 1 aliphatic heterocycles. The summed E-state index contributed by atoms with van der Waals surface area (Å²) in [5, 5.41) is 0. The molecule has 6 heteroatoms. The lowest BCUT2D eigenvalue weighted by molar-refractivity contribution is -0.121. The first kappa shape index (κ1) is 14.6. The first-order valence-electron chi connectivity index (χ1n) is 6.74. The molecule has 0 unspecified atom stereocenters. The zero-order valence-electron chi connectivity index (χ0n) is 11.8. The molecule has 0 bridgehead atoms. The van der Waals surface area contributed by atoms with E-state index < -0.39 is 23.5 Å². The summed E-state index contributed by atoms with van der Waals surface area (Å²) < 4.78 is 12.8. The monoisotopic (exact) mass is 310 g/mol. The number of benzene rings is 2. The van der Waals surface area contributed by atoms with E-state index in [1.165, 1.54) is 42.5 Å². The van der Waals surface area contributed by atoms with Crippen LogP contribution in [0.25, 0.3) is 6.08 Å². The van der Waals surface area contributed by atoms with E-state index in [9.17, 15) is 18.8 Å². The van der Waals surface area contributed by atoms with E-state index in [0.717, 1.165) is 6.08 Å². The predicted molar refractivity (Wildman–Crippen MR) is 81.8 cm³/mol. The standard InChI is InChI=1S/C17H11FN2O3/c18-11-7-4-10(5-8-11)6-9-14(21)20-16(22)12-2-1-3-13(19)15(12)17(20)23/h1-9H,19H2/b9-6+. The predicted octanol–water partition coefficient (Wildman–Crippen LogP) is 2.24. The van der Waals surface area contributed by atoms with Crippen molar-refractivity contribution in [2.45, 2.75) is 0 Å². The summed E-state index contributed by atoms with van der Waals surface area (Å²) in [4.78, 5) is 37.2. The van der Waals surface area contributed by atoms with Gasteiger partial charge < -0.3 is 5.73 Å². The number of halogens is 1. The van der Waals surface area contributed by atoms with E-state index in [0.29, 0.717) is 10.5 Å². The van der Waals surface area contributed by atoms with Crippen molar-refractivity contribution in [2.75, 3.05) is 5.73 Å². The number of hydrogen-bond donors (Lipinski definition) is 1. The molecule has 0 aliphatic carbocycles. The Hall–Kier alpha value is -3.28. The maximum Gasteiger partial charge on any atom is 0.270 e. The molecule has 0 atom stereocenters. The third-order valence-electron chi connectivity index (χ3n) is 3.46. The number of rotatable bonds is 2. The van der Waals surface area contributed by atoms with Gasteiger partial charge in [-0.15, -0.1) is 0 Å². The van der Waals surface area contributed by atoms with Crippen molar-refractivity contribution in [3.05, 3.63) is 71.0 Å². The van der Waals surface area contributed by atoms with Crippen LogP contribution in [-0.4, -0.2) is 22.6 Å².